The highest BCUT2D eigenvalue weighted by Crippen LogP contribution is 2.06. The molecule has 1 amide bonds. The minimum absolute atomic E-state index is 0.255. The van der Waals surface area contributed by atoms with Gasteiger partial charge >= 0.3 is 0 Å². The Morgan fingerprint density at radius 1 is 1.11 bits per heavy atom. The molecule has 2 rings (SSSR count). The quantitative estimate of drug-likeness (QED) is 0.840. The van der Waals surface area contributed by atoms with Crippen LogP contribution in [0.3, 0.4) is 0 Å². The Kier molecular flexibility index (Phi) is 4.36. The number of rotatable bonds is 4. The first kappa shape index (κ1) is 13.4. The summed E-state index contributed by atoms with van der Waals surface area (Å²) >= 11 is 5.70. The molecule has 0 atom stereocenters. The van der Waals surface area contributed by atoms with Gasteiger partial charge in [-0.25, -0.2) is 0 Å². The number of nitrogens with one attached hydrogen (secondary N) is 2. The molecule has 98 valence electrons. The van der Waals surface area contributed by atoms with Crippen molar-refractivity contribution in [2.75, 3.05) is 0 Å². The smallest absolute Gasteiger partial charge is 0.268 e. The van der Waals surface area contributed by atoms with Crippen molar-refractivity contribution in [2.24, 2.45) is 0 Å². The highest BCUT2D eigenvalue weighted by Gasteiger charge is 2.05. The van der Waals surface area contributed by atoms with Gasteiger partial charge in [0.25, 0.3) is 5.91 Å². The molecule has 0 aliphatic carbocycles. The maximum absolute atomic E-state index is 11.8. The van der Waals surface area contributed by atoms with Gasteiger partial charge in [-0.15, -0.1) is 11.6 Å². The van der Waals surface area contributed by atoms with Crippen LogP contribution < -0.4 is 10.9 Å². The molecule has 0 saturated carbocycles. The summed E-state index contributed by atoms with van der Waals surface area (Å²) in [5.41, 5.74) is 1.97. The molecule has 0 spiro atoms. The Morgan fingerprint density at radius 3 is 2.42 bits per heavy atom. The SMILES string of the molecule is O=C(NCc1ccc(CCl)cc1)c1cccc(=O)[nH]1. The van der Waals surface area contributed by atoms with Gasteiger partial charge in [0, 0.05) is 18.5 Å². The minimum atomic E-state index is -0.306. The molecule has 19 heavy (non-hydrogen) atoms. The summed E-state index contributed by atoms with van der Waals surface area (Å²) in [6.07, 6.45) is 0. The van der Waals surface area contributed by atoms with E-state index in [4.69, 9.17) is 11.6 Å². The molecule has 4 nitrogen and oxygen atoms in total. The summed E-state index contributed by atoms with van der Waals surface area (Å²) < 4.78 is 0. The molecule has 0 fully saturated rings. The average Bonchev–Trinajstić information content (AvgIpc) is 2.45. The van der Waals surface area contributed by atoms with E-state index < -0.39 is 0 Å². The molecule has 0 saturated heterocycles. The molecule has 0 aliphatic heterocycles. The van der Waals surface area contributed by atoms with Crippen LogP contribution in [0.2, 0.25) is 0 Å². The lowest BCUT2D eigenvalue weighted by molar-refractivity contribution is 0.0945. The van der Waals surface area contributed by atoms with Crippen LogP contribution in [0.4, 0.5) is 0 Å². The number of benzene rings is 1. The number of alkyl halides is 1. The number of amides is 1. The van der Waals surface area contributed by atoms with Crippen molar-refractivity contribution in [2.45, 2.75) is 12.4 Å². The lowest BCUT2D eigenvalue weighted by Crippen LogP contribution is -2.25. The second kappa shape index (κ2) is 6.20. The van der Waals surface area contributed by atoms with Crippen LogP contribution in [0.15, 0.2) is 47.3 Å². The predicted octanol–water partition coefficient (Wildman–Crippen LogP) is 2.04. The standard InChI is InChI=1S/C14H13ClN2O2/c15-8-10-4-6-11(7-5-10)9-16-14(19)12-2-1-3-13(18)17-12/h1-7H,8-9H2,(H,16,19)(H,17,18). The molecule has 1 aromatic heterocycles. The molecule has 2 N–H and O–H groups in total. The molecule has 1 aromatic carbocycles. The summed E-state index contributed by atoms with van der Waals surface area (Å²) in [5.74, 6) is 0.164. The van der Waals surface area contributed by atoms with Crippen molar-refractivity contribution in [3.8, 4) is 0 Å². The van der Waals surface area contributed by atoms with Gasteiger partial charge in [0.05, 0.1) is 0 Å². The van der Waals surface area contributed by atoms with E-state index in [1.165, 1.54) is 6.07 Å². The molecular formula is C14H13ClN2O2. The van der Waals surface area contributed by atoms with E-state index in [1.54, 1.807) is 12.1 Å². The van der Waals surface area contributed by atoms with E-state index in [0.29, 0.717) is 12.4 Å². The molecule has 2 aromatic rings. The van der Waals surface area contributed by atoms with E-state index in [-0.39, 0.29) is 17.2 Å². The van der Waals surface area contributed by atoms with Crippen LogP contribution in [-0.2, 0) is 12.4 Å². The molecule has 0 radical (unpaired) electrons. The summed E-state index contributed by atoms with van der Waals surface area (Å²) in [7, 11) is 0. The maximum Gasteiger partial charge on any atom is 0.268 e. The summed E-state index contributed by atoms with van der Waals surface area (Å²) in [6.45, 7) is 0.401. The topological polar surface area (TPSA) is 62.0 Å². The summed E-state index contributed by atoms with van der Waals surface area (Å²) in [6, 6.07) is 12.1. The number of carbonyl (C=O) groups is 1. The minimum Gasteiger partial charge on any atom is -0.347 e. The average molecular weight is 277 g/mol. The zero-order chi connectivity index (χ0) is 13.7. The largest absolute Gasteiger partial charge is 0.347 e. The lowest BCUT2D eigenvalue weighted by Gasteiger charge is -2.05. The predicted molar refractivity (Wildman–Crippen MR) is 74.2 cm³/mol. The van der Waals surface area contributed by atoms with Crippen molar-refractivity contribution < 1.29 is 4.79 Å². The molecular weight excluding hydrogens is 264 g/mol. The van der Waals surface area contributed by atoms with Crippen LogP contribution in [-0.4, -0.2) is 10.9 Å². The Hall–Kier alpha value is -2.07. The van der Waals surface area contributed by atoms with Gasteiger partial charge in [-0.3, -0.25) is 9.59 Å². The van der Waals surface area contributed by atoms with E-state index in [1.807, 2.05) is 24.3 Å². The van der Waals surface area contributed by atoms with Gasteiger partial charge in [-0.2, -0.15) is 0 Å². The van der Waals surface area contributed by atoms with Crippen LogP contribution in [0.1, 0.15) is 21.6 Å². The maximum atomic E-state index is 11.8. The van der Waals surface area contributed by atoms with Crippen molar-refractivity contribution >= 4 is 17.5 Å². The highest BCUT2D eigenvalue weighted by molar-refractivity contribution is 6.17. The molecule has 1 heterocycles. The lowest BCUT2D eigenvalue weighted by atomic mass is 10.1. The Labute approximate surface area is 115 Å². The van der Waals surface area contributed by atoms with Crippen molar-refractivity contribution in [3.63, 3.8) is 0 Å². The number of hydrogen-bond donors (Lipinski definition) is 2. The van der Waals surface area contributed by atoms with Gasteiger partial charge in [0.2, 0.25) is 5.56 Å². The van der Waals surface area contributed by atoms with Gasteiger partial charge in [0.15, 0.2) is 0 Å². The van der Waals surface area contributed by atoms with Crippen molar-refractivity contribution in [1.82, 2.24) is 10.3 Å². The van der Waals surface area contributed by atoms with Gasteiger partial charge in [0.1, 0.15) is 5.69 Å². The number of halogens is 1. The number of hydrogen-bond acceptors (Lipinski definition) is 2. The second-order valence-electron chi connectivity index (χ2n) is 4.06. The molecule has 5 heteroatoms. The fourth-order valence-electron chi connectivity index (χ4n) is 1.60. The van der Waals surface area contributed by atoms with Crippen LogP contribution in [0.25, 0.3) is 0 Å². The number of carbonyl (C=O) groups excluding carboxylic acids is 1. The van der Waals surface area contributed by atoms with E-state index >= 15 is 0 Å². The fourth-order valence-corrected chi connectivity index (χ4v) is 1.78. The number of H-pyrrole nitrogens is 1. The third-order valence-corrected chi connectivity index (χ3v) is 2.95. The Balaban J connectivity index is 1.98. The number of aromatic nitrogens is 1. The van der Waals surface area contributed by atoms with E-state index in [9.17, 15) is 9.59 Å². The van der Waals surface area contributed by atoms with Gasteiger partial charge in [-0.1, -0.05) is 30.3 Å². The normalized spacial score (nSPS) is 10.2. The monoisotopic (exact) mass is 276 g/mol. The molecule has 0 aliphatic rings. The van der Waals surface area contributed by atoms with E-state index in [2.05, 4.69) is 10.3 Å². The first-order valence-corrected chi connectivity index (χ1v) is 6.34. The zero-order valence-corrected chi connectivity index (χ0v) is 10.9. The van der Waals surface area contributed by atoms with Crippen molar-refractivity contribution in [3.05, 3.63) is 69.6 Å². The van der Waals surface area contributed by atoms with E-state index in [0.717, 1.165) is 11.1 Å². The van der Waals surface area contributed by atoms with Crippen LogP contribution in [0, 0.1) is 0 Å². The molecule has 0 bridgehead atoms. The van der Waals surface area contributed by atoms with Crippen LogP contribution in [0.5, 0.6) is 0 Å². The van der Waals surface area contributed by atoms with Crippen molar-refractivity contribution in [1.29, 1.82) is 0 Å². The first-order valence-electron chi connectivity index (χ1n) is 5.80. The number of pyridine rings is 1. The Morgan fingerprint density at radius 2 is 1.79 bits per heavy atom. The van der Waals surface area contributed by atoms with Crippen LogP contribution >= 0.6 is 11.6 Å². The molecule has 0 unspecified atom stereocenters. The number of aromatic amines is 1. The summed E-state index contributed by atoms with van der Waals surface area (Å²) in [5, 5.41) is 2.74. The van der Waals surface area contributed by atoms with Gasteiger partial charge in [-0.05, 0) is 17.2 Å². The summed E-state index contributed by atoms with van der Waals surface area (Å²) in [4.78, 5) is 25.4. The third-order valence-electron chi connectivity index (χ3n) is 2.64. The zero-order valence-electron chi connectivity index (χ0n) is 10.2. The second-order valence-corrected chi connectivity index (χ2v) is 4.33. The van der Waals surface area contributed by atoms with Gasteiger partial charge < -0.3 is 10.3 Å². The highest BCUT2D eigenvalue weighted by atomic mass is 35.5. The third kappa shape index (κ3) is 3.69. The fraction of sp³-hybridized carbons (Fsp3) is 0.143. The Bertz CT molecular complexity index is 620. The first-order chi connectivity index (χ1) is 9.19.